The number of amides is 2. The van der Waals surface area contributed by atoms with Gasteiger partial charge in [0.2, 0.25) is 11.8 Å². The number of aryl methyl sites for hydroxylation is 2. The van der Waals surface area contributed by atoms with Crippen LogP contribution in [-0.4, -0.2) is 26.6 Å². The van der Waals surface area contributed by atoms with E-state index in [4.69, 9.17) is 0 Å². The lowest BCUT2D eigenvalue weighted by Gasteiger charge is -1.96. The SMILES string of the molecule is CCc1sc(C(=O)N=NC(=O)c2ccc3c(O)n(C)c(O)c3c2)cc1C. The third-order valence-corrected chi connectivity index (χ3v) is 5.54. The summed E-state index contributed by atoms with van der Waals surface area (Å²) in [5.74, 6) is -1.53. The number of carbonyl (C=O) groups is 2. The van der Waals surface area contributed by atoms with E-state index >= 15 is 0 Å². The summed E-state index contributed by atoms with van der Waals surface area (Å²) in [5.41, 5.74) is 1.18. The molecule has 0 radical (unpaired) electrons. The Morgan fingerprint density at radius 3 is 2.38 bits per heavy atom. The zero-order valence-electron chi connectivity index (χ0n) is 14.5. The number of thiophene rings is 1. The molecule has 0 saturated heterocycles. The normalized spacial score (nSPS) is 11.5. The topological polar surface area (TPSA) is 104 Å². The second-order valence-corrected chi connectivity index (χ2v) is 6.98. The molecule has 3 aromatic rings. The summed E-state index contributed by atoms with van der Waals surface area (Å²) in [7, 11) is 1.50. The van der Waals surface area contributed by atoms with Crippen LogP contribution in [0.3, 0.4) is 0 Å². The van der Waals surface area contributed by atoms with Crippen LogP contribution < -0.4 is 0 Å². The van der Waals surface area contributed by atoms with Crippen LogP contribution in [0.2, 0.25) is 0 Å². The van der Waals surface area contributed by atoms with Crippen molar-refractivity contribution in [1.82, 2.24) is 4.57 Å². The van der Waals surface area contributed by atoms with Gasteiger partial charge in [0.05, 0.1) is 4.88 Å². The van der Waals surface area contributed by atoms with E-state index in [1.54, 1.807) is 6.07 Å². The fraction of sp³-hybridized carbons (Fsp3) is 0.222. The molecule has 2 heterocycles. The van der Waals surface area contributed by atoms with Gasteiger partial charge in [-0.3, -0.25) is 14.2 Å². The Hall–Kier alpha value is -3.00. The molecule has 7 nitrogen and oxygen atoms in total. The highest BCUT2D eigenvalue weighted by Crippen LogP contribution is 2.35. The van der Waals surface area contributed by atoms with E-state index in [1.807, 2.05) is 13.8 Å². The highest BCUT2D eigenvalue weighted by molar-refractivity contribution is 7.14. The zero-order valence-corrected chi connectivity index (χ0v) is 15.3. The van der Waals surface area contributed by atoms with Crippen molar-refractivity contribution in [2.24, 2.45) is 17.3 Å². The number of benzene rings is 1. The minimum absolute atomic E-state index is 0.104. The van der Waals surface area contributed by atoms with E-state index in [9.17, 15) is 19.8 Å². The van der Waals surface area contributed by atoms with E-state index in [0.717, 1.165) is 16.9 Å². The van der Waals surface area contributed by atoms with Gasteiger partial charge in [-0.25, -0.2) is 0 Å². The van der Waals surface area contributed by atoms with Crippen LogP contribution in [0.5, 0.6) is 11.8 Å². The maximum absolute atomic E-state index is 12.2. The molecule has 1 aromatic carbocycles. The molecule has 0 aliphatic heterocycles. The molecule has 2 aromatic heterocycles. The van der Waals surface area contributed by atoms with Gasteiger partial charge in [0.1, 0.15) is 0 Å². The van der Waals surface area contributed by atoms with Crippen LogP contribution in [0.1, 0.15) is 37.4 Å². The number of aromatic nitrogens is 1. The van der Waals surface area contributed by atoms with Crippen molar-refractivity contribution in [1.29, 1.82) is 0 Å². The van der Waals surface area contributed by atoms with E-state index in [0.29, 0.717) is 15.6 Å². The van der Waals surface area contributed by atoms with Crippen molar-refractivity contribution < 1.29 is 19.8 Å². The molecule has 0 spiro atoms. The van der Waals surface area contributed by atoms with Gasteiger partial charge >= 0.3 is 5.91 Å². The molecule has 3 rings (SSSR count). The average Bonchev–Trinajstić information content (AvgIpc) is 3.12. The van der Waals surface area contributed by atoms with Gasteiger partial charge in [0.25, 0.3) is 5.91 Å². The number of hydrogen-bond donors (Lipinski definition) is 2. The van der Waals surface area contributed by atoms with Gasteiger partial charge in [-0.1, -0.05) is 6.92 Å². The first kappa shape index (κ1) is 17.8. The lowest BCUT2D eigenvalue weighted by atomic mass is 10.1. The van der Waals surface area contributed by atoms with Crippen LogP contribution in [0, 0.1) is 6.92 Å². The second-order valence-electron chi connectivity index (χ2n) is 5.85. The molecule has 0 bridgehead atoms. The van der Waals surface area contributed by atoms with E-state index < -0.39 is 11.8 Å². The molecule has 0 aliphatic carbocycles. The Kier molecular flexibility index (Phi) is 4.60. The summed E-state index contributed by atoms with van der Waals surface area (Å²) < 4.78 is 1.20. The maximum Gasteiger partial charge on any atom is 0.305 e. The lowest BCUT2D eigenvalue weighted by Crippen LogP contribution is -1.96. The van der Waals surface area contributed by atoms with Gasteiger partial charge in [0, 0.05) is 28.3 Å². The van der Waals surface area contributed by atoms with Crippen LogP contribution in [-0.2, 0) is 13.5 Å². The summed E-state index contributed by atoms with van der Waals surface area (Å²) in [4.78, 5) is 25.8. The van der Waals surface area contributed by atoms with Gasteiger partial charge < -0.3 is 10.2 Å². The standard InChI is InChI=1S/C18H17N3O4S/c1-4-13-9(2)7-14(26-13)16(23)20-19-15(22)10-5-6-11-12(8-10)18(25)21(3)17(11)24/h5-8,24-25H,4H2,1-3H3. The monoisotopic (exact) mass is 371 g/mol. The van der Waals surface area contributed by atoms with Crippen LogP contribution in [0.15, 0.2) is 34.5 Å². The first-order valence-corrected chi connectivity index (χ1v) is 8.75. The maximum atomic E-state index is 12.2. The predicted molar refractivity (Wildman–Crippen MR) is 98.2 cm³/mol. The summed E-state index contributed by atoms with van der Waals surface area (Å²) in [6.07, 6.45) is 0.827. The Morgan fingerprint density at radius 2 is 1.73 bits per heavy atom. The Balaban J connectivity index is 1.85. The zero-order chi connectivity index (χ0) is 19.0. The minimum atomic E-state index is -0.702. The van der Waals surface area contributed by atoms with Crippen LogP contribution in [0.25, 0.3) is 10.8 Å². The second kappa shape index (κ2) is 6.72. The number of carbonyl (C=O) groups excluding carboxylic acids is 2. The molecule has 2 N–H and O–H groups in total. The summed E-state index contributed by atoms with van der Waals surface area (Å²) >= 11 is 1.35. The van der Waals surface area contributed by atoms with Crippen molar-refractivity contribution in [3.63, 3.8) is 0 Å². The van der Waals surface area contributed by atoms with Crippen molar-refractivity contribution in [2.45, 2.75) is 20.3 Å². The summed E-state index contributed by atoms with van der Waals surface area (Å²) in [6.45, 7) is 3.93. The molecular formula is C18H17N3O4S. The summed E-state index contributed by atoms with van der Waals surface area (Å²) in [6, 6.07) is 6.11. The van der Waals surface area contributed by atoms with E-state index in [1.165, 1.54) is 41.2 Å². The Morgan fingerprint density at radius 1 is 1.08 bits per heavy atom. The number of aromatic hydroxyl groups is 2. The Bertz CT molecular complexity index is 1060. The van der Waals surface area contributed by atoms with Crippen LogP contribution >= 0.6 is 11.3 Å². The van der Waals surface area contributed by atoms with Crippen molar-refractivity contribution in [3.8, 4) is 11.8 Å². The number of azo groups is 1. The first-order valence-electron chi connectivity index (χ1n) is 7.93. The molecule has 8 heteroatoms. The van der Waals surface area contributed by atoms with Crippen molar-refractivity contribution in [2.75, 3.05) is 0 Å². The van der Waals surface area contributed by atoms with E-state index in [-0.39, 0.29) is 17.3 Å². The molecule has 0 aliphatic rings. The molecular weight excluding hydrogens is 354 g/mol. The quantitative estimate of drug-likeness (QED) is 0.680. The average molecular weight is 371 g/mol. The van der Waals surface area contributed by atoms with Gasteiger partial charge in [-0.05, 0) is 43.2 Å². The van der Waals surface area contributed by atoms with Gasteiger partial charge in [0.15, 0.2) is 0 Å². The molecule has 0 saturated carbocycles. The van der Waals surface area contributed by atoms with Gasteiger partial charge in [-0.15, -0.1) is 21.6 Å². The number of fused-ring (bicyclic) bond motifs is 1. The van der Waals surface area contributed by atoms with Crippen LogP contribution in [0.4, 0.5) is 0 Å². The predicted octanol–water partition coefficient (Wildman–Crippen LogP) is 3.95. The molecule has 0 fully saturated rings. The van der Waals surface area contributed by atoms with Crippen molar-refractivity contribution >= 4 is 33.9 Å². The molecule has 26 heavy (non-hydrogen) atoms. The number of rotatable bonds is 3. The number of nitrogens with zero attached hydrogens (tertiary/aromatic N) is 3. The smallest absolute Gasteiger partial charge is 0.305 e. The Labute approximate surface area is 153 Å². The molecule has 0 unspecified atom stereocenters. The fourth-order valence-electron chi connectivity index (χ4n) is 2.69. The molecule has 134 valence electrons. The van der Waals surface area contributed by atoms with Gasteiger partial charge in [-0.2, -0.15) is 0 Å². The molecule has 2 amide bonds. The highest BCUT2D eigenvalue weighted by Gasteiger charge is 2.16. The van der Waals surface area contributed by atoms with E-state index in [2.05, 4.69) is 10.2 Å². The summed E-state index contributed by atoms with van der Waals surface area (Å²) in [5, 5.41) is 27.6. The first-order chi connectivity index (χ1) is 12.3. The highest BCUT2D eigenvalue weighted by atomic mass is 32.1. The molecule has 0 atom stereocenters. The third kappa shape index (κ3) is 2.99. The largest absolute Gasteiger partial charge is 0.494 e. The minimum Gasteiger partial charge on any atom is -0.494 e. The van der Waals surface area contributed by atoms with Crippen molar-refractivity contribution in [3.05, 3.63) is 45.1 Å². The number of hydrogen-bond acceptors (Lipinski definition) is 5. The fourth-order valence-corrected chi connectivity index (χ4v) is 3.69. The third-order valence-electron chi connectivity index (χ3n) is 4.17. The lowest BCUT2D eigenvalue weighted by molar-refractivity contribution is 0.0949.